The summed E-state index contributed by atoms with van der Waals surface area (Å²) >= 11 is 1.73. The van der Waals surface area contributed by atoms with Gasteiger partial charge in [-0.15, -0.1) is 11.8 Å². The van der Waals surface area contributed by atoms with Gasteiger partial charge in [0.2, 0.25) is 11.8 Å². The molecule has 3 aliphatic rings. The Kier molecular flexibility index (Phi) is 6.44. The normalized spacial score (nSPS) is 26.3. The molecule has 24 heavy (non-hydrogen) atoms. The highest BCUT2D eigenvalue weighted by molar-refractivity contribution is 7.99. The maximum atomic E-state index is 13.0. The van der Waals surface area contributed by atoms with Gasteiger partial charge in [0, 0.05) is 24.8 Å². The SMILES string of the molecule is CCNCC1CCN(C(=O)C2CSCN2C(=O)C2CCCC2)CC1. The highest BCUT2D eigenvalue weighted by atomic mass is 32.2. The molecule has 0 aromatic rings. The number of hydrogen-bond acceptors (Lipinski definition) is 4. The smallest absolute Gasteiger partial charge is 0.246 e. The van der Waals surface area contributed by atoms with Gasteiger partial charge in [-0.25, -0.2) is 0 Å². The molecule has 136 valence electrons. The van der Waals surface area contributed by atoms with E-state index in [2.05, 4.69) is 12.2 Å². The van der Waals surface area contributed by atoms with Gasteiger partial charge in [-0.2, -0.15) is 0 Å². The van der Waals surface area contributed by atoms with Crippen LogP contribution < -0.4 is 5.32 Å². The fourth-order valence-electron chi connectivity index (χ4n) is 4.19. The molecule has 2 saturated heterocycles. The summed E-state index contributed by atoms with van der Waals surface area (Å²) < 4.78 is 0. The van der Waals surface area contributed by atoms with Crippen molar-refractivity contribution in [3.63, 3.8) is 0 Å². The second kappa shape index (κ2) is 8.56. The number of hydrogen-bond donors (Lipinski definition) is 1. The van der Waals surface area contributed by atoms with Crippen LogP contribution in [0.1, 0.15) is 45.4 Å². The number of piperidine rings is 1. The molecule has 5 nitrogen and oxygen atoms in total. The first kappa shape index (κ1) is 18.1. The average Bonchev–Trinajstić information content (AvgIpc) is 3.30. The van der Waals surface area contributed by atoms with Crippen LogP contribution in [0.3, 0.4) is 0 Å². The summed E-state index contributed by atoms with van der Waals surface area (Å²) in [5, 5.41) is 3.41. The van der Waals surface area contributed by atoms with Gasteiger partial charge < -0.3 is 15.1 Å². The summed E-state index contributed by atoms with van der Waals surface area (Å²) in [5.41, 5.74) is 0. The van der Waals surface area contributed by atoms with E-state index in [-0.39, 0.29) is 23.8 Å². The first-order valence-electron chi connectivity index (χ1n) is 9.58. The predicted octanol–water partition coefficient (Wildman–Crippen LogP) is 1.93. The Bertz CT molecular complexity index is 446. The van der Waals surface area contributed by atoms with E-state index in [0.717, 1.165) is 70.5 Å². The van der Waals surface area contributed by atoms with Gasteiger partial charge in [0.25, 0.3) is 0 Å². The molecule has 1 unspecified atom stereocenters. The van der Waals surface area contributed by atoms with E-state index in [0.29, 0.717) is 11.8 Å². The van der Waals surface area contributed by atoms with Crippen molar-refractivity contribution in [2.75, 3.05) is 37.8 Å². The molecule has 1 aliphatic carbocycles. The Balaban J connectivity index is 1.53. The molecule has 0 aromatic carbocycles. The van der Waals surface area contributed by atoms with Crippen molar-refractivity contribution in [2.45, 2.75) is 51.5 Å². The minimum atomic E-state index is -0.214. The van der Waals surface area contributed by atoms with Gasteiger partial charge in [-0.1, -0.05) is 19.8 Å². The zero-order chi connectivity index (χ0) is 16.9. The Hall–Kier alpha value is -0.750. The van der Waals surface area contributed by atoms with Crippen LogP contribution in [0.5, 0.6) is 0 Å². The van der Waals surface area contributed by atoms with Crippen molar-refractivity contribution in [1.29, 1.82) is 0 Å². The molecule has 1 saturated carbocycles. The lowest BCUT2D eigenvalue weighted by atomic mass is 9.96. The Labute approximate surface area is 149 Å². The van der Waals surface area contributed by atoms with Gasteiger partial charge in [0.15, 0.2) is 0 Å². The fourth-order valence-corrected chi connectivity index (χ4v) is 5.34. The minimum Gasteiger partial charge on any atom is -0.341 e. The molecule has 3 fully saturated rings. The molecule has 1 N–H and O–H groups in total. The van der Waals surface area contributed by atoms with Gasteiger partial charge in [-0.05, 0) is 44.7 Å². The largest absolute Gasteiger partial charge is 0.341 e. The first-order valence-corrected chi connectivity index (χ1v) is 10.7. The molecule has 2 heterocycles. The highest BCUT2D eigenvalue weighted by Gasteiger charge is 2.40. The summed E-state index contributed by atoms with van der Waals surface area (Å²) in [6.07, 6.45) is 6.50. The van der Waals surface area contributed by atoms with E-state index < -0.39 is 0 Å². The molecule has 3 rings (SSSR count). The topological polar surface area (TPSA) is 52.7 Å². The van der Waals surface area contributed by atoms with Crippen molar-refractivity contribution in [1.82, 2.24) is 15.1 Å². The summed E-state index contributed by atoms with van der Waals surface area (Å²) in [6.45, 7) is 5.90. The molecule has 0 bridgehead atoms. The second-order valence-corrected chi connectivity index (χ2v) is 8.38. The average molecular weight is 354 g/mol. The molecule has 1 atom stereocenters. The maximum absolute atomic E-state index is 13.0. The summed E-state index contributed by atoms with van der Waals surface area (Å²) in [5.74, 6) is 2.75. The summed E-state index contributed by atoms with van der Waals surface area (Å²) in [7, 11) is 0. The minimum absolute atomic E-state index is 0.171. The third-order valence-corrected chi connectivity index (χ3v) is 6.78. The van der Waals surface area contributed by atoms with E-state index in [1.807, 2.05) is 9.80 Å². The number of nitrogens with zero attached hydrogens (tertiary/aromatic N) is 2. The van der Waals surface area contributed by atoms with E-state index in [1.165, 1.54) is 0 Å². The van der Waals surface area contributed by atoms with Gasteiger partial charge in [0.05, 0.1) is 5.88 Å². The van der Waals surface area contributed by atoms with Crippen LogP contribution in [0.4, 0.5) is 0 Å². The number of likely N-dealkylation sites (tertiary alicyclic amines) is 1. The number of nitrogens with one attached hydrogen (secondary N) is 1. The van der Waals surface area contributed by atoms with Gasteiger partial charge >= 0.3 is 0 Å². The van der Waals surface area contributed by atoms with Crippen LogP contribution in [0.2, 0.25) is 0 Å². The number of carbonyl (C=O) groups is 2. The zero-order valence-corrected chi connectivity index (χ0v) is 15.7. The lowest BCUT2D eigenvalue weighted by Gasteiger charge is -2.35. The van der Waals surface area contributed by atoms with Gasteiger partial charge in [-0.3, -0.25) is 9.59 Å². The third-order valence-electron chi connectivity index (χ3n) is 5.76. The van der Waals surface area contributed by atoms with Crippen LogP contribution in [-0.4, -0.2) is 65.5 Å². The van der Waals surface area contributed by atoms with Crippen molar-refractivity contribution >= 4 is 23.6 Å². The Morgan fingerprint density at radius 3 is 2.46 bits per heavy atom. The predicted molar refractivity (Wildman–Crippen MR) is 97.8 cm³/mol. The molecular formula is C18H31N3O2S. The molecule has 0 radical (unpaired) electrons. The van der Waals surface area contributed by atoms with Crippen molar-refractivity contribution < 1.29 is 9.59 Å². The molecule has 0 spiro atoms. The summed E-state index contributed by atoms with van der Waals surface area (Å²) in [6, 6.07) is -0.214. The molecular weight excluding hydrogens is 322 g/mol. The van der Waals surface area contributed by atoms with E-state index >= 15 is 0 Å². The van der Waals surface area contributed by atoms with Gasteiger partial charge in [0.1, 0.15) is 6.04 Å². The number of carbonyl (C=O) groups excluding carboxylic acids is 2. The standard InChI is InChI=1S/C18H31N3O2S/c1-2-19-11-14-7-9-20(10-8-14)18(23)16-12-24-13-21(16)17(22)15-5-3-4-6-15/h14-16,19H,2-13H2,1H3. The van der Waals surface area contributed by atoms with Crippen LogP contribution >= 0.6 is 11.8 Å². The van der Waals surface area contributed by atoms with E-state index in [9.17, 15) is 9.59 Å². The summed E-state index contributed by atoms with van der Waals surface area (Å²) in [4.78, 5) is 29.6. The number of thioether (sulfide) groups is 1. The molecule has 2 aliphatic heterocycles. The Morgan fingerprint density at radius 1 is 1.08 bits per heavy atom. The molecule has 2 amide bonds. The quantitative estimate of drug-likeness (QED) is 0.820. The molecule has 0 aromatic heterocycles. The molecule has 6 heteroatoms. The zero-order valence-electron chi connectivity index (χ0n) is 14.8. The van der Waals surface area contributed by atoms with Crippen LogP contribution in [0.15, 0.2) is 0 Å². The van der Waals surface area contributed by atoms with Crippen molar-refractivity contribution in [3.05, 3.63) is 0 Å². The third kappa shape index (κ3) is 4.07. The highest BCUT2D eigenvalue weighted by Crippen LogP contribution is 2.31. The van der Waals surface area contributed by atoms with E-state index in [4.69, 9.17) is 0 Å². The number of rotatable bonds is 5. The second-order valence-electron chi connectivity index (χ2n) is 7.38. The van der Waals surface area contributed by atoms with Crippen LogP contribution in [0, 0.1) is 11.8 Å². The fraction of sp³-hybridized carbons (Fsp3) is 0.889. The Morgan fingerprint density at radius 2 is 1.79 bits per heavy atom. The van der Waals surface area contributed by atoms with Crippen molar-refractivity contribution in [3.8, 4) is 0 Å². The van der Waals surface area contributed by atoms with Crippen LogP contribution in [-0.2, 0) is 9.59 Å². The first-order chi connectivity index (χ1) is 11.7. The van der Waals surface area contributed by atoms with Crippen molar-refractivity contribution in [2.24, 2.45) is 11.8 Å². The van der Waals surface area contributed by atoms with E-state index in [1.54, 1.807) is 11.8 Å². The lowest BCUT2D eigenvalue weighted by Crippen LogP contribution is -2.52. The number of amides is 2. The maximum Gasteiger partial charge on any atom is 0.246 e. The lowest BCUT2D eigenvalue weighted by molar-refractivity contribution is -0.146. The monoisotopic (exact) mass is 353 g/mol. The van der Waals surface area contributed by atoms with Crippen LogP contribution in [0.25, 0.3) is 0 Å².